The highest BCUT2D eigenvalue weighted by atomic mass is 14.8. The van der Waals surface area contributed by atoms with Crippen molar-refractivity contribution in [3.63, 3.8) is 0 Å². The molecule has 0 spiro atoms. The van der Waals surface area contributed by atoms with Crippen molar-refractivity contribution in [2.75, 3.05) is 0 Å². The minimum absolute atomic E-state index is 1.03. The lowest BCUT2D eigenvalue weighted by Crippen LogP contribution is -1.99. The Morgan fingerprint density at radius 2 is 1.18 bits per heavy atom. The van der Waals surface area contributed by atoms with Gasteiger partial charge in [-0.1, -0.05) is 84.9 Å². The molecule has 0 fully saturated rings. The molecule has 4 rings (SSSR count). The first-order valence-corrected chi connectivity index (χ1v) is 7.42. The summed E-state index contributed by atoms with van der Waals surface area (Å²) in [4.78, 5) is 4.90. The van der Waals surface area contributed by atoms with E-state index in [-0.39, 0.29) is 0 Å². The molecule has 0 aromatic heterocycles. The lowest BCUT2D eigenvalue weighted by molar-refractivity contribution is 1.57. The smallest absolute Gasteiger partial charge is 0.0788 e. The summed E-state index contributed by atoms with van der Waals surface area (Å²) in [6.45, 7) is 0. The summed E-state index contributed by atoms with van der Waals surface area (Å²) >= 11 is 0. The predicted molar refractivity (Wildman–Crippen MR) is 92.8 cm³/mol. The van der Waals surface area contributed by atoms with Gasteiger partial charge in [-0.2, -0.15) is 0 Å². The van der Waals surface area contributed by atoms with E-state index >= 15 is 0 Å². The van der Waals surface area contributed by atoms with E-state index < -0.39 is 0 Å². The molecule has 0 saturated carbocycles. The van der Waals surface area contributed by atoms with E-state index in [1.54, 1.807) is 0 Å². The van der Waals surface area contributed by atoms with Crippen molar-refractivity contribution < 1.29 is 0 Å². The molecule has 0 radical (unpaired) electrons. The molecule has 22 heavy (non-hydrogen) atoms. The number of aliphatic imine (C=N–C) groups is 1. The van der Waals surface area contributed by atoms with Gasteiger partial charge in [0.1, 0.15) is 0 Å². The number of hydrogen-bond donors (Lipinski definition) is 0. The van der Waals surface area contributed by atoms with Crippen LogP contribution >= 0.6 is 0 Å². The lowest BCUT2D eigenvalue weighted by Gasteiger charge is -2.02. The molecule has 0 bridgehead atoms. The fourth-order valence-electron chi connectivity index (χ4n) is 2.79. The molecule has 0 saturated heterocycles. The van der Waals surface area contributed by atoms with Gasteiger partial charge in [0, 0.05) is 16.7 Å². The standard InChI is InChI=1S/C21H15N/c1-3-9-16(10-4-1)15-20-18-13-7-8-14-19(18)21(22-20)17-11-5-2-6-12-17/h1-15H/b20-15+. The van der Waals surface area contributed by atoms with E-state index in [4.69, 9.17) is 4.99 Å². The Bertz CT molecular complexity index is 859. The van der Waals surface area contributed by atoms with Crippen LogP contribution in [0.2, 0.25) is 0 Å². The van der Waals surface area contributed by atoms with Crippen LogP contribution in [0.3, 0.4) is 0 Å². The summed E-state index contributed by atoms with van der Waals surface area (Å²) in [6, 6.07) is 29.1. The third-order valence-electron chi connectivity index (χ3n) is 3.84. The summed E-state index contributed by atoms with van der Waals surface area (Å²) < 4.78 is 0. The predicted octanol–water partition coefficient (Wildman–Crippen LogP) is 5.04. The van der Waals surface area contributed by atoms with Crippen LogP contribution < -0.4 is 0 Å². The number of fused-ring (bicyclic) bond motifs is 1. The maximum atomic E-state index is 4.90. The van der Waals surface area contributed by atoms with Crippen LogP contribution in [0, 0.1) is 0 Å². The van der Waals surface area contributed by atoms with Gasteiger partial charge in [-0.3, -0.25) is 0 Å². The number of benzene rings is 3. The molecule has 104 valence electrons. The first-order valence-electron chi connectivity index (χ1n) is 7.42. The van der Waals surface area contributed by atoms with Gasteiger partial charge in [0.2, 0.25) is 0 Å². The minimum atomic E-state index is 1.03. The molecule has 0 amide bonds. The van der Waals surface area contributed by atoms with Crippen LogP contribution in [0.15, 0.2) is 89.9 Å². The van der Waals surface area contributed by atoms with E-state index in [2.05, 4.69) is 78.9 Å². The topological polar surface area (TPSA) is 12.4 Å². The number of rotatable bonds is 2. The molecule has 0 atom stereocenters. The van der Waals surface area contributed by atoms with E-state index in [0.717, 1.165) is 17.0 Å². The van der Waals surface area contributed by atoms with E-state index in [9.17, 15) is 0 Å². The van der Waals surface area contributed by atoms with Crippen LogP contribution in [-0.4, -0.2) is 5.71 Å². The number of hydrogen-bond acceptors (Lipinski definition) is 1. The average Bonchev–Trinajstić information content (AvgIpc) is 2.96. The van der Waals surface area contributed by atoms with Gasteiger partial charge in [-0.25, -0.2) is 4.99 Å². The Balaban J connectivity index is 1.87. The molecular formula is C21H15N. The van der Waals surface area contributed by atoms with Crippen LogP contribution in [-0.2, 0) is 0 Å². The van der Waals surface area contributed by atoms with Crippen LogP contribution in [0.1, 0.15) is 22.3 Å². The molecule has 0 unspecified atom stereocenters. The zero-order valence-electron chi connectivity index (χ0n) is 12.1. The van der Waals surface area contributed by atoms with Gasteiger partial charge in [-0.05, 0) is 11.6 Å². The molecule has 0 N–H and O–H groups in total. The Hall–Kier alpha value is -2.93. The van der Waals surface area contributed by atoms with Crippen molar-refractivity contribution in [3.8, 4) is 0 Å². The Morgan fingerprint density at radius 1 is 0.591 bits per heavy atom. The van der Waals surface area contributed by atoms with Gasteiger partial charge in [0.25, 0.3) is 0 Å². The fraction of sp³-hybridized carbons (Fsp3) is 0. The van der Waals surface area contributed by atoms with Crippen molar-refractivity contribution >= 4 is 17.5 Å². The van der Waals surface area contributed by atoms with Gasteiger partial charge < -0.3 is 0 Å². The largest absolute Gasteiger partial charge is 0.247 e. The highest BCUT2D eigenvalue weighted by Gasteiger charge is 2.20. The molecular weight excluding hydrogens is 266 g/mol. The minimum Gasteiger partial charge on any atom is -0.247 e. The third kappa shape index (κ3) is 2.27. The number of nitrogens with zero attached hydrogens (tertiary/aromatic N) is 1. The van der Waals surface area contributed by atoms with Gasteiger partial charge in [-0.15, -0.1) is 0 Å². The first-order chi connectivity index (χ1) is 10.9. The highest BCUT2D eigenvalue weighted by molar-refractivity contribution is 6.21. The van der Waals surface area contributed by atoms with Crippen LogP contribution in [0.5, 0.6) is 0 Å². The van der Waals surface area contributed by atoms with E-state index in [0.29, 0.717) is 0 Å². The molecule has 1 aliphatic rings. The van der Waals surface area contributed by atoms with Gasteiger partial charge >= 0.3 is 0 Å². The van der Waals surface area contributed by atoms with E-state index in [1.165, 1.54) is 16.7 Å². The molecule has 3 aromatic rings. The van der Waals surface area contributed by atoms with Gasteiger partial charge in [0.15, 0.2) is 0 Å². The molecule has 1 heterocycles. The Kier molecular flexibility index (Phi) is 3.17. The summed E-state index contributed by atoms with van der Waals surface area (Å²) in [5.41, 5.74) is 6.82. The van der Waals surface area contributed by atoms with Crippen LogP contribution in [0.25, 0.3) is 11.8 Å². The summed E-state index contributed by atoms with van der Waals surface area (Å²) in [5.74, 6) is 0. The summed E-state index contributed by atoms with van der Waals surface area (Å²) in [7, 11) is 0. The summed E-state index contributed by atoms with van der Waals surface area (Å²) in [5, 5.41) is 0. The van der Waals surface area contributed by atoms with Crippen molar-refractivity contribution in [2.24, 2.45) is 4.99 Å². The quantitative estimate of drug-likeness (QED) is 0.624. The average molecular weight is 281 g/mol. The normalized spacial score (nSPS) is 14.7. The first kappa shape index (κ1) is 12.8. The Labute approximate surface area is 130 Å². The second kappa shape index (κ2) is 5.45. The van der Waals surface area contributed by atoms with Crippen molar-refractivity contribution in [1.82, 2.24) is 0 Å². The fourth-order valence-corrected chi connectivity index (χ4v) is 2.79. The molecule has 3 aromatic carbocycles. The zero-order valence-corrected chi connectivity index (χ0v) is 12.1. The maximum Gasteiger partial charge on any atom is 0.0788 e. The monoisotopic (exact) mass is 281 g/mol. The van der Waals surface area contributed by atoms with Gasteiger partial charge in [0.05, 0.1) is 11.4 Å². The molecule has 1 heteroatoms. The lowest BCUT2D eigenvalue weighted by atomic mass is 9.99. The second-order valence-corrected chi connectivity index (χ2v) is 5.31. The maximum absolute atomic E-state index is 4.90. The third-order valence-corrected chi connectivity index (χ3v) is 3.84. The molecule has 0 aliphatic carbocycles. The Morgan fingerprint density at radius 3 is 1.91 bits per heavy atom. The van der Waals surface area contributed by atoms with Crippen molar-refractivity contribution in [1.29, 1.82) is 0 Å². The van der Waals surface area contributed by atoms with Crippen molar-refractivity contribution in [3.05, 3.63) is 107 Å². The summed E-state index contributed by atoms with van der Waals surface area (Å²) in [6.07, 6.45) is 2.15. The second-order valence-electron chi connectivity index (χ2n) is 5.31. The van der Waals surface area contributed by atoms with Crippen LogP contribution in [0.4, 0.5) is 0 Å². The zero-order chi connectivity index (χ0) is 14.8. The SMILES string of the molecule is C(=C1\N=C(c2ccccc2)c2ccccc21)/c1ccccc1. The van der Waals surface area contributed by atoms with E-state index in [1.807, 2.05) is 12.1 Å². The van der Waals surface area contributed by atoms with Crippen molar-refractivity contribution in [2.45, 2.75) is 0 Å². The molecule has 1 aliphatic heterocycles. The molecule has 1 nitrogen and oxygen atoms in total. The highest BCUT2D eigenvalue weighted by Crippen LogP contribution is 2.32.